The molecule has 0 aliphatic carbocycles. The van der Waals surface area contributed by atoms with E-state index in [-0.39, 0.29) is 11.2 Å². The largest absolute Gasteiger partial charge is 0.490 e. The molecule has 0 aliphatic rings. The SMILES string of the molecule is COc1ncc(-c2ccnc(Cl)n2)cc1C#N.[C-]#[N+]c1cc(Br)cnc1OC. The monoisotopic (exact) mass is 458 g/mol. The number of halogens is 2. The second-order valence-corrected chi connectivity index (χ2v) is 6.15. The van der Waals surface area contributed by atoms with Gasteiger partial charge in [-0.15, -0.1) is 0 Å². The Kier molecular flexibility index (Phi) is 7.64. The third-order valence-corrected chi connectivity index (χ3v) is 3.82. The lowest BCUT2D eigenvalue weighted by molar-refractivity contribution is 0.396. The molecule has 0 saturated heterocycles. The van der Waals surface area contributed by atoms with Crippen LogP contribution in [0, 0.1) is 17.9 Å². The smallest absolute Gasteiger partial charge is 0.248 e. The quantitative estimate of drug-likeness (QED) is 0.421. The van der Waals surface area contributed by atoms with E-state index >= 15 is 0 Å². The molecule has 0 unspecified atom stereocenters. The fourth-order valence-electron chi connectivity index (χ4n) is 1.98. The van der Waals surface area contributed by atoms with Gasteiger partial charge in [-0.1, -0.05) is 15.9 Å². The molecule has 140 valence electrons. The molecular weight excluding hydrogens is 448 g/mol. The Hall–Kier alpha value is -3.27. The average Bonchev–Trinajstić information content (AvgIpc) is 2.73. The number of methoxy groups -OCH3 is 2. The number of hydrogen-bond acceptors (Lipinski definition) is 7. The van der Waals surface area contributed by atoms with Crippen molar-refractivity contribution in [1.82, 2.24) is 19.9 Å². The van der Waals surface area contributed by atoms with Gasteiger partial charge in [0.2, 0.25) is 22.7 Å². The number of nitriles is 1. The molecule has 0 aromatic carbocycles. The molecule has 0 spiro atoms. The highest BCUT2D eigenvalue weighted by molar-refractivity contribution is 9.10. The minimum Gasteiger partial charge on any atom is -0.490 e. The molecule has 0 saturated carbocycles. The van der Waals surface area contributed by atoms with Crippen LogP contribution >= 0.6 is 27.5 Å². The zero-order chi connectivity index (χ0) is 20.5. The van der Waals surface area contributed by atoms with Crippen LogP contribution in [0.2, 0.25) is 5.28 Å². The van der Waals surface area contributed by atoms with Crippen LogP contribution in [0.5, 0.6) is 11.8 Å². The molecular formula is C18H12BrClN6O2. The summed E-state index contributed by atoms with van der Waals surface area (Å²) in [6.45, 7) is 6.77. The van der Waals surface area contributed by atoms with Gasteiger partial charge in [-0.2, -0.15) is 5.26 Å². The van der Waals surface area contributed by atoms with E-state index in [0.29, 0.717) is 28.4 Å². The highest BCUT2D eigenvalue weighted by atomic mass is 79.9. The van der Waals surface area contributed by atoms with Crippen LogP contribution in [-0.4, -0.2) is 34.2 Å². The normalized spacial score (nSPS) is 9.36. The van der Waals surface area contributed by atoms with E-state index in [1.807, 2.05) is 6.07 Å². The summed E-state index contributed by atoms with van der Waals surface area (Å²) in [5.41, 5.74) is 2.06. The lowest BCUT2D eigenvalue weighted by Gasteiger charge is -2.04. The third kappa shape index (κ3) is 5.36. The molecule has 0 amide bonds. The van der Waals surface area contributed by atoms with Crippen molar-refractivity contribution in [3.05, 3.63) is 63.5 Å². The lowest BCUT2D eigenvalue weighted by atomic mass is 10.1. The summed E-state index contributed by atoms with van der Waals surface area (Å²) in [5.74, 6) is 0.652. The van der Waals surface area contributed by atoms with Crippen LogP contribution < -0.4 is 9.47 Å². The van der Waals surface area contributed by atoms with Crippen molar-refractivity contribution in [2.24, 2.45) is 0 Å². The van der Waals surface area contributed by atoms with Crippen LogP contribution in [0.25, 0.3) is 16.1 Å². The first-order valence-corrected chi connectivity index (χ1v) is 8.69. The zero-order valence-corrected chi connectivity index (χ0v) is 17.1. The molecule has 3 aromatic heterocycles. The molecule has 3 aromatic rings. The Balaban J connectivity index is 0.000000221. The van der Waals surface area contributed by atoms with Crippen molar-refractivity contribution in [1.29, 1.82) is 5.26 Å². The summed E-state index contributed by atoms with van der Waals surface area (Å²) in [7, 11) is 2.95. The Bertz CT molecular complexity index is 1060. The van der Waals surface area contributed by atoms with Crippen LogP contribution in [0.3, 0.4) is 0 Å². The minimum atomic E-state index is 0.150. The summed E-state index contributed by atoms with van der Waals surface area (Å²) in [4.78, 5) is 19.0. The molecule has 0 radical (unpaired) electrons. The lowest BCUT2D eigenvalue weighted by Crippen LogP contribution is -1.94. The van der Waals surface area contributed by atoms with Gasteiger partial charge in [0.25, 0.3) is 0 Å². The number of nitrogens with zero attached hydrogens (tertiary/aromatic N) is 6. The number of rotatable bonds is 3. The van der Waals surface area contributed by atoms with Crippen LogP contribution in [-0.2, 0) is 0 Å². The molecule has 10 heteroatoms. The summed E-state index contributed by atoms with van der Waals surface area (Å²) >= 11 is 8.90. The molecule has 0 N–H and O–H groups in total. The fourth-order valence-corrected chi connectivity index (χ4v) is 2.45. The summed E-state index contributed by atoms with van der Waals surface area (Å²) in [5, 5.41) is 9.10. The first-order valence-electron chi connectivity index (χ1n) is 7.52. The molecule has 0 bridgehead atoms. The minimum absolute atomic E-state index is 0.150. The highest BCUT2D eigenvalue weighted by Gasteiger charge is 2.08. The third-order valence-electron chi connectivity index (χ3n) is 3.20. The Morgan fingerprint density at radius 2 is 1.86 bits per heavy atom. The van der Waals surface area contributed by atoms with Crippen LogP contribution in [0.15, 0.2) is 41.3 Å². The molecule has 3 rings (SSSR count). The van der Waals surface area contributed by atoms with Crippen molar-refractivity contribution in [2.75, 3.05) is 14.2 Å². The predicted octanol–water partition coefficient (Wildman–Crippen LogP) is 4.48. The van der Waals surface area contributed by atoms with Gasteiger partial charge < -0.3 is 9.47 Å². The Morgan fingerprint density at radius 1 is 1.14 bits per heavy atom. The van der Waals surface area contributed by atoms with E-state index < -0.39 is 0 Å². The molecule has 28 heavy (non-hydrogen) atoms. The molecule has 3 heterocycles. The second-order valence-electron chi connectivity index (χ2n) is 4.90. The molecule has 8 nitrogen and oxygen atoms in total. The fraction of sp³-hybridized carbons (Fsp3) is 0.111. The van der Waals surface area contributed by atoms with Gasteiger partial charge in [-0.25, -0.2) is 24.8 Å². The maximum atomic E-state index is 8.95. The number of hydrogen-bond donors (Lipinski definition) is 0. The molecule has 0 atom stereocenters. The van der Waals surface area contributed by atoms with Gasteiger partial charge in [-0.3, -0.25) is 0 Å². The van der Waals surface area contributed by atoms with Crippen molar-refractivity contribution < 1.29 is 9.47 Å². The van der Waals surface area contributed by atoms with E-state index in [1.165, 1.54) is 14.2 Å². The maximum Gasteiger partial charge on any atom is 0.248 e. The van der Waals surface area contributed by atoms with Crippen LogP contribution in [0.4, 0.5) is 5.69 Å². The Morgan fingerprint density at radius 3 is 2.46 bits per heavy atom. The van der Waals surface area contributed by atoms with Crippen molar-refractivity contribution in [3.63, 3.8) is 0 Å². The Labute approximate surface area is 174 Å². The van der Waals surface area contributed by atoms with Gasteiger partial charge in [-0.05, 0) is 29.8 Å². The van der Waals surface area contributed by atoms with Gasteiger partial charge in [0, 0.05) is 28.6 Å². The van der Waals surface area contributed by atoms with E-state index in [4.69, 9.17) is 32.9 Å². The second kappa shape index (κ2) is 10.2. The first kappa shape index (κ1) is 21.0. The number of pyridine rings is 2. The van der Waals surface area contributed by atoms with E-state index in [0.717, 1.165) is 4.47 Å². The molecule has 0 fully saturated rings. The van der Waals surface area contributed by atoms with Gasteiger partial charge in [0.15, 0.2) is 0 Å². The van der Waals surface area contributed by atoms with Gasteiger partial charge in [0.05, 0.1) is 26.5 Å². The number of ether oxygens (including phenoxy) is 2. The van der Waals surface area contributed by atoms with E-state index in [9.17, 15) is 0 Å². The van der Waals surface area contributed by atoms with Crippen LogP contribution in [0.1, 0.15) is 5.56 Å². The summed E-state index contributed by atoms with van der Waals surface area (Å²) in [6, 6.07) is 7.01. The molecule has 0 aliphatic heterocycles. The average molecular weight is 460 g/mol. The standard InChI is InChI=1S/C11H7ClN4O.C7H5BrN2O/c1-17-10-7(5-13)4-8(6-15-10)9-2-3-14-11(12)16-9;1-9-6-3-5(8)4-10-7(6)11-2/h2-4,6H,1H3;3-4H,2H3. The highest BCUT2D eigenvalue weighted by Crippen LogP contribution is 2.27. The van der Waals surface area contributed by atoms with Gasteiger partial charge >= 0.3 is 0 Å². The summed E-state index contributed by atoms with van der Waals surface area (Å²) < 4.78 is 10.6. The summed E-state index contributed by atoms with van der Waals surface area (Å²) in [6.07, 6.45) is 4.70. The topological polar surface area (TPSA) is 98.2 Å². The van der Waals surface area contributed by atoms with Gasteiger partial charge in [0.1, 0.15) is 11.6 Å². The maximum absolute atomic E-state index is 8.95. The van der Waals surface area contributed by atoms with Crippen molar-refractivity contribution >= 4 is 33.2 Å². The number of aromatic nitrogens is 4. The van der Waals surface area contributed by atoms with E-state index in [2.05, 4.69) is 40.7 Å². The predicted molar refractivity (Wildman–Crippen MR) is 106 cm³/mol. The first-order chi connectivity index (χ1) is 13.5. The van der Waals surface area contributed by atoms with E-state index in [1.54, 1.807) is 36.8 Å². The van der Waals surface area contributed by atoms with Crippen molar-refractivity contribution in [2.45, 2.75) is 0 Å². The zero-order valence-electron chi connectivity index (χ0n) is 14.7. The van der Waals surface area contributed by atoms with Crippen molar-refractivity contribution in [3.8, 4) is 29.1 Å².